The van der Waals surface area contributed by atoms with Crippen LogP contribution in [0.3, 0.4) is 0 Å². The Morgan fingerprint density at radius 1 is 0.897 bits per heavy atom. The minimum absolute atomic E-state index is 0.0663. The molecule has 0 radical (unpaired) electrons. The number of benzene rings is 2. The molecular weight excluding hydrogens is 373 g/mol. The molecule has 2 aromatic carbocycles. The first-order valence-electron chi connectivity index (χ1n) is 9.60. The number of amides is 1. The van der Waals surface area contributed by atoms with E-state index in [9.17, 15) is 14.0 Å². The summed E-state index contributed by atoms with van der Waals surface area (Å²) in [6.45, 7) is 0. The minimum Gasteiger partial charge on any atom is -0.493 e. The first-order valence-corrected chi connectivity index (χ1v) is 9.60. The minimum atomic E-state index is -0.414. The van der Waals surface area contributed by atoms with Crippen molar-refractivity contribution in [2.45, 2.75) is 31.1 Å². The van der Waals surface area contributed by atoms with Gasteiger partial charge in [0.1, 0.15) is 11.6 Å². The number of hydrogen-bond donors (Lipinski definition) is 0. The highest BCUT2D eigenvalue weighted by molar-refractivity contribution is 6.13. The van der Waals surface area contributed by atoms with Gasteiger partial charge in [0.15, 0.2) is 11.5 Å². The van der Waals surface area contributed by atoms with E-state index in [1.165, 1.54) is 12.1 Å². The van der Waals surface area contributed by atoms with Gasteiger partial charge in [-0.05, 0) is 47.7 Å². The van der Waals surface area contributed by atoms with Gasteiger partial charge in [0, 0.05) is 24.5 Å². The van der Waals surface area contributed by atoms with Crippen LogP contribution in [0.15, 0.2) is 47.5 Å². The molecule has 3 atom stereocenters. The van der Waals surface area contributed by atoms with Crippen molar-refractivity contribution < 1.29 is 23.5 Å². The smallest absolute Gasteiger partial charge is 0.246 e. The Bertz CT molecular complexity index is 983. The summed E-state index contributed by atoms with van der Waals surface area (Å²) in [5, 5.41) is 0. The van der Waals surface area contributed by atoms with Crippen molar-refractivity contribution in [1.29, 1.82) is 0 Å². The van der Waals surface area contributed by atoms with Crippen molar-refractivity contribution >= 4 is 17.4 Å². The van der Waals surface area contributed by atoms with Crippen LogP contribution in [-0.4, -0.2) is 31.6 Å². The molecule has 0 spiro atoms. The van der Waals surface area contributed by atoms with E-state index in [2.05, 4.69) is 4.99 Å². The summed E-state index contributed by atoms with van der Waals surface area (Å²) >= 11 is 0. The maximum Gasteiger partial charge on any atom is 0.246 e. The molecule has 4 rings (SSSR count). The molecule has 0 bridgehead atoms. The maximum atomic E-state index is 13.3. The summed E-state index contributed by atoms with van der Waals surface area (Å²) in [5.74, 6) is -0.0747. The molecule has 5 nitrogen and oxygen atoms in total. The van der Waals surface area contributed by atoms with E-state index in [4.69, 9.17) is 9.47 Å². The molecule has 0 saturated heterocycles. The summed E-state index contributed by atoms with van der Waals surface area (Å²) in [4.78, 5) is 29.7. The Labute approximate surface area is 168 Å². The molecular formula is C23H22FNO4. The third-order valence-corrected chi connectivity index (χ3v) is 5.85. The molecule has 3 unspecified atom stereocenters. The number of carbonyl (C=O) groups excluding carboxylic acids is 2. The zero-order valence-corrected chi connectivity index (χ0v) is 16.4. The van der Waals surface area contributed by atoms with Crippen molar-refractivity contribution in [3.8, 4) is 11.5 Å². The van der Waals surface area contributed by atoms with E-state index >= 15 is 0 Å². The normalized spacial score (nSPS) is 24.0. The fourth-order valence-electron chi connectivity index (χ4n) is 4.46. The van der Waals surface area contributed by atoms with Crippen LogP contribution in [0.2, 0.25) is 0 Å². The van der Waals surface area contributed by atoms with E-state index in [1.54, 1.807) is 32.4 Å². The molecule has 2 aromatic rings. The van der Waals surface area contributed by atoms with Gasteiger partial charge in [0.25, 0.3) is 0 Å². The van der Waals surface area contributed by atoms with Crippen LogP contribution in [0.1, 0.15) is 42.2 Å². The second-order valence-electron chi connectivity index (χ2n) is 7.52. The van der Waals surface area contributed by atoms with Gasteiger partial charge in [-0.1, -0.05) is 18.2 Å². The number of nitrogens with zero attached hydrogens (tertiary/aromatic N) is 1. The van der Waals surface area contributed by atoms with Gasteiger partial charge in [0.2, 0.25) is 5.91 Å². The molecule has 29 heavy (non-hydrogen) atoms. The molecule has 0 aromatic heterocycles. The lowest BCUT2D eigenvalue weighted by Crippen LogP contribution is -2.40. The molecule has 1 aliphatic heterocycles. The van der Waals surface area contributed by atoms with Gasteiger partial charge in [-0.2, -0.15) is 0 Å². The largest absolute Gasteiger partial charge is 0.493 e. The first-order chi connectivity index (χ1) is 14.0. The fraction of sp³-hybridized carbons (Fsp3) is 0.348. The number of hydrogen-bond acceptors (Lipinski definition) is 4. The number of rotatable bonds is 4. The van der Waals surface area contributed by atoms with Crippen molar-refractivity contribution in [3.63, 3.8) is 0 Å². The number of ketones is 1. The van der Waals surface area contributed by atoms with Crippen LogP contribution in [0.5, 0.6) is 11.5 Å². The third kappa shape index (κ3) is 3.67. The SMILES string of the molecule is COc1ccc(C2CC(=O)N=C3CC(c4ccc(F)cc4)CC(=O)C32)cc1OC. The van der Waals surface area contributed by atoms with Gasteiger partial charge >= 0.3 is 0 Å². The number of methoxy groups -OCH3 is 2. The number of carbonyl (C=O) groups is 2. The molecule has 1 heterocycles. The van der Waals surface area contributed by atoms with E-state index in [1.807, 2.05) is 12.1 Å². The zero-order chi connectivity index (χ0) is 20.5. The molecule has 1 amide bonds. The molecule has 1 fully saturated rings. The average Bonchev–Trinajstić information content (AvgIpc) is 2.72. The van der Waals surface area contributed by atoms with Crippen molar-refractivity contribution in [2.24, 2.45) is 10.9 Å². The van der Waals surface area contributed by atoms with Crippen LogP contribution in [0, 0.1) is 11.7 Å². The van der Waals surface area contributed by atoms with Crippen molar-refractivity contribution in [3.05, 3.63) is 59.4 Å². The lowest BCUT2D eigenvalue weighted by Gasteiger charge is -2.36. The van der Waals surface area contributed by atoms with Crippen LogP contribution in [-0.2, 0) is 9.59 Å². The summed E-state index contributed by atoms with van der Waals surface area (Å²) in [6.07, 6.45) is 1.07. The van der Waals surface area contributed by atoms with Gasteiger partial charge in [-0.3, -0.25) is 9.59 Å². The number of fused-ring (bicyclic) bond motifs is 1. The number of ether oxygens (including phenoxy) is 2. The Kier molecular flexibility index (Phi) is 5.18. The molecule has 2 aliphatic rings. The van der Waals surface area contributed by atoms with E-state index in [-0.39, 0.29) is 35.8 Å². The topological polar surface area (TPSA) is 65.0 Å². The predicted octanol–water partition coefficient (Wildman–Crippen LogP) is 4.06. The lowest BCUT2D eigenvalue weighted by atomic mass is 9.67. The van der Waals surface area contributed by atoms with Crippen LogP contribution < -0.4 is 9.47 Å². The number of aliphatic imine (C=N–C) groups is 1. The monoisotopic (exact) mass is 395 g/mol. The first kappa shape index (κ1) is 19.3. The highest BCUT2D eigenvalue weighted by Crippen LogP contribution is 2.44. The second kappa shape index (κ2) is 7.78. The van der Waals surface area contributed by atoms with Gasteiger partial charge in [-0.25, -0.2) is 9.38 Å². The zero-order valence-electron chi connectivity index (χ0n) is 16.4. The highest BCUT2D eigenvalue weighted by Gasteiger charge is 2.43. The van der Waals surface area contributed by atoms with Crippen LogP contribution in [0.25, 0.3) is 0 Å². The standard InChI is InChI=1S/C23H22FNO4/c1-28-20-8-5-14(11-21(20)29-2)17-12-22(27)25-18-9-15(10-19(26)23(17)18)13-3-6-16(24)7-4-13/h3-8,11,15,17,23H,9-10,12H2,1-2H3. The average molecular weight is 395 g/mol. The summed E-state index contributed by atoms with van der Waals surface area (Å²) in [5.41, 5.74) is 2.38. The Hall–Kier alpha value is -3.02. The molecule has 150 valence electrons. The van der Waals surface area contributed by atoms with Gasteiger partial charge < -0.3 is 9.47 Å². The second-order valence-corrected chi connectivity index (χ2v) is 7.52. The predicted molar refractivity (Wildman–Crippen MR) is 106 cm³/mol. The van der Waals surface area contributed by atoms with E-state index < -0.39 is 5.92 Å². The quantitative estimate of drug-likeness (QED) is 0.783. The number of Topliss-reactive ketones (excluding diaryl/α,β-unsaturated/α-hetero) is 1. The van der Waals surface area contributed by atoms with E-state index in [0.717, 1.165) is 11.1 Å². The molecule has 1 saturated carbocycles. The Morgan fingerprint density at radius 3 is 2.28 bits per heavy atom. The maximum absolute atomic E-state index is 13.3. The Morgan fingerprint density at radius 2 is 1.59 bits per heavy atom. The van der Waals surface area contributed by atoms with Crippen LogP contribution >= 0.6 is 0 Å². The van der Waals surface area contributed by atoms with E-state index in [0.29, 0.717) is 30.1 Å². The molecule has 1 aliphatic carbocycles. The summed E-state index contributed by atoms with van der Waals surface area (Å²) < 4.78 is 23.9. The van der Waals surface area contributed by atoms with Crippen LogP contribution in [0.4, 0.5) is 4.39 Å². The van der Waals surface area contributed by atoms with Crippen molar-refractivity contribution in [1.82, 2.24) is 0 Å². The lowest BCUT2D eigenvalue weighted by molar-refractivity contribution is -0.124. The molecule has 0 N–H and O–H groups in total. The van der Waals surface area contributed by atoms with Gasteiger partial charge in [0.05, 0.1) is 20.1 Å². The summed E-state index contributed by atoms with van der Waals surface area (Å²) in [6, 6.07) is 11.7. The summed E-state index contributed by atoms with van der Waals surface area (Å²) in [7, 11) is 3.12. The Balaban J connectivity index is 1.66. The highest BCUT2D eigenvalue weighted by atomic mass is 19.1. The van der Waals surface area contributed by atoms with Gasteiger partial charge in [-0.15, -0.1) is 0 Å². The fourth-order valence-corrected chi connectivity index (χ4v) is 4.46. The van der Waals surface area contributed by atoms with Crippen molar-refractivity contribution in [2.75, 3.05) is 14.2 Å². The third-order valence-electron chi connectivity index (χ3n) is 5.85. The molecule has 6 heteroatoms. The number of halogens is 1.